The fourth-order valence-corrected chi connectivity index (χ4v) is 4.27. The first kappa shape index (κ1) is 19.2. The van der Waals surface area contributed by atoms with E-state index < -0.39 is 11.7 Å². The minimum Gasteiger partial charge on any atom is -0.355 e. The molecule has 3 aromatic rings. The summed E-state index contributed by atoms with van der Waals surface area (Å²) in [5.41, 5.74) is 0.227. The van der Waals surface area contributed by atoms with Crippen LogP contribution >= 0.6 is 46.8 Å². The summed E-state index contributed by atoms with van der Waals surface area (Å²) in [5, 5.41) is 5.45. The first-order valence-corrected chi connectivity index (χ1v) is 9.32. The van der Waals surface area contributed by atoms with Crippen molar-refractivity contribution in [3.63, 3.8) is 0 Å². The molecule has 0 saturated carbocycles. The van der Waals surface area contributed by atoms with Crippen molar-refractivity contribution in [3.05, 3.63) is 80.0 Å². The number of anilines is 2. The van der Waals surface area contributed by atoms with Crippen LogP contribution in [0.1, 0.15) is 16.0 Å². The highest BCUT2D eigenvalue weighted by molar-refractivity contribution is 7.81. The minimum atomic E-state index is -4.45. The van der Waals surface area contributed by atoms with Crippen molar-refractivity contribution in [1.82, 2.24) is 0 Å². The number of nitrogens with one attached hydrogen (secondary N) is 1. The molecule has 0 fully saturated rings. The maximum Gasteiger partial charge on any atom is 0.418 e. The summed E-state index contributed by atoms with van der Waals surface area (Å²) in [5.74, 6) is 0. The maximum absolute atomic E-state index is 13.1. The fourth-order valence-electron chi connectivity index (χ4n) is 2.35. The molecule has 1 aromatic heterocycles. The fraction of sp³-hybridized carbons (Fsp3) is 0.0556. The number of hydrogen-bond donors (Lipinski definition) is 1. The molecule has 3 rings (SSSR count). The molecule has 0 aliphatic heterocycles. The van der Waals surface area contributed by atoms with Crippen LogP contribution in [0.4, 0.5) is 24.5 Å². The minimum absolute atomic E-state index is 0.0484. The summed E-state index contributed by atoms with van der Waals surface area (Å²) >= 11 is 19.2. The van der Waals surface area contributed by atoms with Gasteiger partial charge in [0.25, 0.3) is 0 Å². The lowest BCUT2D eigenvalue weighted by Gasteiger charge is -2.15. The molecule has 2 aromatic carbocycles. The molecule has 1 nitrogen and oxygen atoms in total. The molecule has 1 heterocycles. The number of rotatable bonds is 4. The highest BCUT2D eigenvalue weighted by Crippen LogP contribution is 2.37. The van der Waals surface area contributed by atoms with Crippen molar-refractivity contribution in [3.8, 4) is 0 Å². The standard InChI is InChI=1S/C18H10Cl2F3NS2/c19-13-7-8-26-17(13)16(25)11-6-5-10(9-14(11)20)24-15-4-2-1-3-12(15)18(21,22)23/h1-9,24H. The van der Waals surface area contributed by atoms with Gasteiger partial charge in [0, 0.05) is 11.3 Å². The van der Waals surface area contributed by atoms with E-state index in [-0.39, 0.29) is 5.69 Å². The lowest BCUT2D eigenvalue weighted by Crippen LogP contribution is -2.08. The van der Waals surface area contributed by atoms with E-state index >= 15 is 0 Å². The Bertz CT molecular complexity index is 967. The topological polar surface area (TPSA) is 12.0 Å². The highest BCUT2D eigenvalue weighted by atomic mass is 35.5. The van der Waals surface area contributed by atoms with Gasteiger partial charge in [-0.05, 0) is 41.8 Å². The third-order valence-corrected chi connectivity index (χ3v) is 5.77. The van der Waals surface area contributed by atoms with Crippen LogP contribution in [0, 0.1) is 0 Å². The van der Waals surface area contributed by atoms with Crippen LogP contribution in [0.3, 0.4) is 0 Å². The van der Waals surface area contributed by atoms with Crippen molar-refractivity contribution in [2.24, 2.45) is 0 Å². The maximum atomic E-state index is 13.1. The normalized spacial score (nSPS) is 11.4. The van der Waals surface area contributed by atoms with Gasteiger partial charge < -0.3 is 5.32 Å². The lowest BCUT2D eigenvalue weighted by molar-refractivity contribution is -0.136. The SMILES string of the molecule is FC(F)(F)c1ccccc1Nc1ccc(C(=S)c2sccc2Cl)c(Cl)c1. The Morgan fingerprint density at radius 1 is 1.00 bits per heavy atom. The second kappa shape index (κ2) is 7.56. The van der Waals surface area contributed by atoms with Gasteiger partial charge in [0.2, 0.25) is 0 Å². The number of alkyl halides is 3. The summed E-state index contributed by atoms with van der Waals surface area (Å²) in [4.78, 5) is 1.23. The molecule has 8 heteroatoms. The summed E-state index contributed by atoms with van der Waals surface area (Å²) in [6.45, 7) is 0. The third-order valence-electron chi connectivity index (χ3n) is 3.55. The second-order valence-electron chi connectivity index (χ2n) is 5.29. The van der Waals surface area contributed by atoms with Crippen molar-refractivity contribution in [2.45, 2.75) is 6.18 Å². The number of benzene rings is 2. The van der Waals surface area contributed by atoms with Gasteiger partial charge in [0.15, 0.2) is 0 Å². The zero-order valence-corrected chi connectivity index (χ0v) is 16.0. The van der Waals surface area contributed by atoms with Crippen LogP contribution < -0.4 is 5.32 Å². The molecule has 0 bridgehead atoms. The van der Waals surface area contributed by atoms with Crippen LogP contribution in [0.25, 0.3) is 0 Å². The first-order chi connectivity index (χ1) is 12.3. The van der Waals surface area contributed by atoms with Gasteiger partial charge in [-0.1, -0.05) is 47.6 Å². The largest absolute Gasteiger partial charge is 0.418 e. The summed E-state index contributed by atoms with van der Waals surface area (Å²) in [6.07, 6.45) is -4.45. The van der Waals surface area contributed by atoms with Crippen molar-refractivity contribution in [2.75, 3.05) is 5.32 Å². The molecule has 134 valence electrons. The van der Waals surface area contributed by atoms with Crippen molar-refractivity contribution >= 4 is 63.0 Å². The van der Waals surface area contributed by atoms with Crippen LogP contribution in [-0.2, 0) is 6.18 Å². The second-order valence-corrected chi connectivity index (χ2v) is 7.43. The third kappa shape index (κ3) is 4.04. The van der Waals surface area contributed by atoms with Crippen LogP contribution in [-0.4, -0.2) is 4.86 Å². The van der Waals surface area contributed by atoms with E-state index in [9.17, 15) is 13.2 Å². The number of hydrogen-bond acceptors (Lipinski definition) is 3. The molecule has 0 radical (unpaired) electrons. The van der Waals surface area contributed by atoms with Crippen molar-refractivity contribution < 1.29 is 13.2 Å². The molecule has 0 aliphatic carbocycles. The Morgan fingerprint density at radius 2 is 1.73 bits per heavy atom. The smallest absolute Gasteiger partial charge is 0.355 e. The Morgan fingerprint density at radius 3 is 2.35 bits per heavy atom. The molecule has 0 atom stereocenters. The highest BCUT2D eigenvalue weighted by Gasteiger charge is 2.33. The molecule has 0 saturated heterocycles. The van der Waals surface area contributed by atoms with Crippen LogP contribution in [0.2, 0.25) is 10.0 Å². The summed E-state index contributed by atoms with van der Waals surface area (Å²) in [7, 11) is 0. The van der Waals surface area contributed by atoms with Crippen LogP contribution in [0.5, 0.6) is 0 Å². The quantitative estimate of drug-likeness (QED) is 0.337. The average molecular weight is 432 g/mol. The monoisotopic (exact) mass is 431 g/mol. The van der Waals surface area contributed by atoms with E-state index in [0.29, 0.717) is 26.2 Å². The van der Waals surface area contributed by atoms with E-state index in [1.807, 2.05) is 5.38 Å². The zero-order chi connectivity index (χ0) is 18.9. The predicted molar refractivity (Wildman–Crippen MR) is 106 cm³/mol. The van der Waals surface area contributed by atoms with Gasteiger partial charge in [-0.25, -0.2) is 0 Å². The predicted octanol–water partition coefficient (Wildman–Crippen LogP) is 7.58. The Labute approximate surface area is 167 Å². The molecule has 0 unspecified atom stereocenters. The molecular weight excluding hydrogens is 422 g/mol. The van der Waals surface area contributed by atoms with E-state index in [0.717, 1.165) is 10.9 Å². The number of halogens is 5. The number of thiophene rings is 1. The first-order valence-electron chi connectivity index (χ1n) is 7.28. The van der Waals surface area contributed by atoms with E-state index in [1.165, 1.54) is 35.6 Å². The van der Waals surface area contributed by atoms with Crippen LogP contribution in [0.15, 0.2) is 53.9 Å². The van der Waals surface area contributed by atoms with Gasteiger partial charge in [0.1, 0.15) is 0 Å². The Hall–Kier alpha value is -1.60. The van der Waals surface area contributed by atoms with Gasteiger partial charge in [-0.3, -0.25) is 0 Å². The summed E-state index contributed by atoms with van der Waals surface area (Å²) in [6, 6.07) is 11.8. The number of para-hydroxylation sites is 1. The zero-order valence-electron chi connectivity index (χ0n) is 12.9. The average Bonchev–Trinajstić information content (AvgIpc) is 3.00. The Balaban J connectivity index is 1.90. The molecular formula is C18H10Cl2F3NS2. The van der Waals surface area contributed by atoms with Gasteiger partial charge in [0.05, 0.1) is 31.0 Å². The van der Waals surface area contributed by atoms with Gasteiger partial charge in [-0.2, -0.15) is 13.2 Å². The van der Waals surface area contributed by atoms with Crippen molar-refractivity contribution in [1.29, 1.82) is 0 Å². The molecule has 0 spiro atoms. The lowest BCUT2D eigenvalue weighted by atomic mass is 10.1. The van der Waals surface area contributed by atoms with E-state index in [1.54, 1.807) is 18.2 Å². The van der Waals surface area contributed by atoms with E-state index in [4.69, 9.17) is 35.4 Å². The molecule has 26 heavy (non-hydrogen) atoms. The summed E-state index contributed by atoms with van der Waals surface area (Å²) < 4.78 is 39.3. The molecule has 0 amide bonds. The molecule has 0 aliphatic rings. The van der Waals surface area contributed by atoms with Gasteiger partial charge in [-0.15, -0.1) is 11.3 Å². The van der Waals surface area contributed by atoms with Gasteiger partial charge >= 0.3 is 6.18 Å². The molecule has 1 N–H and O–H groups in total. The number of thiocarbonyl (C=S) groups is 1. The Kier molecular flexibility index (Phi) is 5.58. The van der Waals surface area contributed by atoms with E-state index in [2.05, 4.69) is 5.32 Å².